The minimum atomic E-state index is 0.0948. The van der Waals surface area contributed by atoms with Gasteiger partial charge in [0.15, 0.2) is 0 Å². The summed E-state index contributed by atoms with van der Waals surface area (Å²) in [5.41, 5.74) is 4.72. The number of benzene rings is 1. The molecule has 1 N–H and O–H groups in total. The topological polar surface area (TPSA) is 61.4 Å². The van der Waals surface area contributed by atoms with Crippen LogP contribution in [0.4, 0.5) is 5.69 Å². The van der Waals surface area contributed by atoms with Crippen LogP contribution in [0.1, 0.15) is 21.7 Å². The number of carbonyl (C=O) groups is 1. The number of piperazine rings is 1. The van der Waals surface area contributed by atoms with Gasteiger partial charge in [0.2, 0.25) is 0 Å². The van der Waals surface area contributed by atoms with Gasteiger partial charge in [-0.05, 0) is 18.2 Å². The summed E-state index contributed by atoms with van der Waals surface area (Å²) in [6.45, 7) is 4.98. The molecule has 2 aromatic heterocycles. The van der Waals surface area contributed by atoms with Gasteiger partial charge in [0.25, 0.3) is 5.91 Å². The zero-order valence-electron chi connectivity index (χ0n) is 15.8. The molecule has 3 aromatic rings. The molecule has 0 unspecified atom stereocenters. The molecule has 1 amide bonds. The van der Waals surface area contributed by atoms with Crippen molar-refractivity contribution in [3.8, 4) is 0 Å². The molecule has 0 spiro atoms. The van der Waals surface area contributed by atoms with Gasteiger partial charge >= 0.3 is 0 Å². The summed E-state index contributed by atoms with van der Waals surface area (Å²) in [6.07, 6.45) is 2.57. The Labute approximate surface area is 164 Å². The standard InChI is InChI=1S/C22H23N5O/c28-22-21-19(24-9-7-20(21)26-13-10-23-11-14-26)15-27(22)12-8-17-6-5-16-3-1-2-4-18(16)25-17/h1-7,9,23H,8,10-15H2. The van der Waals surface area contributed by atoms with Crippen LogP contribution in [0.5, 0.6) is 0 Å². The van der Waals surface area contributed by atoms with E-state index in [0.717, 1.165) is 66.1 Å². The van der Waals surface area contributed by atoms with E-state index in [9.17, 15) is 4.79 Å². The first-order valence-electron chi connectivity index (χ1n) is 9.87. The first-order chi connectivity index (χ1) is 13.8. The monoisotopic (exact) mass is 373 g/mol. The molecule has 142 valence electrons. The van der Waals surface area contributed by atoms with Crippen LogP contribution in [0, 0.1) is 0 Å². The highest BCUT2D eigenvalue weighted by Crippen LogP contribution is 2.30. The van der Waals surface area contributed by atoms with Crippen molar-refractivity contribution in [2.24, 2.45) is 0 Å². The van der Waals surface area contributed by atoms with Gasteiger partial charge in [-0.3, -0.25) is 14.8 Å². The zero-order valence-corrected chi connectivity index (χ0v) is 15.8. The van der Waals surface area contributed by atoms with Crippen LogP contribution in [0.15, 0.2) is 48.7 Å². The first kappa shape index (κ1) is 17.1. The Balaban J connectivity index is 1.33. The third kappa shape index (κ3) is 3.10. The van der Waals surface area contributed by atoms with E-state index in [0.29, 0.717) is 13.1 Å². The third-order valence-electron chi connectivity index (χ3n) is 5.60. The molecule has 2 aliphatic rings. The fourth-order valence-electron chi connectivity index (χ4n) is 4.10. The van der Waals surface area contributed by atoms with Gasteiger partial charge < -0.3 is 15.1 Å². The van der Waals surface area contributed by atoms with Crippen molar-refractivity contribution in [3.05, 3.63) is 65.6 Å². The first-order valence-corrected chi connectivity index (χ1v) is 9.87. The molecule has 1 saturated heterocycles. The van der Waals surface area contributed by atoms with Gasteiger partial charge in [-0.15, -0.1) is 0 Å². The summed E-state index contributed by atoms with van der Waals surface area (Å²) >= 11 is 0. The van der Waals surface area contributed by atoms with E-state index in [1.54, 1.807) is 0 Å². The van der Waals surface area contributed by atoms with Gasteiger partial charge in [0.1, 0.15) is 0 Å². The van der Waals surface area contributed by atoms with Crippen LogP contribution in [0.2, 0.25) is 0 Å². The average Bonchev–Trinajstić information content (AvgIpc) is 3.08. The largest absolute Gasteiger partial charge is 0.368 e. The summed E-state index contributed by atoms with van der Waals surface area (Å²) in [4.78, 5) is 26.5. The number of hydrogen-bond donors (Lipinski definition) is 1. The molecule has 4 heterocycles. The number of para-hydroxylation sites is 1. The second-order valence-electron chi connectivity index (χ2n) is 7.36. The lowest BCUT2D eigenvalue weighted by Crippen LogP contribution is -2.44. The summed E-state index contributed by atoms with van der Waals surface area (Å²) in [6, 6.07) is 14.3. The molecule has 6 heteroatoms. The van der Waals surface area contributed by atoms with Gasteiger partial charge in [0, 0.05) is 56.4 Å². The predicted molar refractivity (Wildman–Crippen MR) is 110 cm³/mol. The number of fused-ring (bicyclic) bond motifs is 2. The van der Waals surface area contributed by atoms with Gasteiger partial charge in [-0.25, -0.2) is 0 Å². The number of amides is 1. The normalized spacial score (nSPS) is 16.6. The Morgan fingerprint density at radius 2 is 1.89 bits per heavy atom. The number of pyridine rings is 2. The number of aromatic nitrogens is 2. The fraction of sp³-hybridized carbons (Fsp3) is 0.318. The molecular weight excluding hydrogens is 350 g/mol. The zero-order chi connectivity index (χ0) is 18.9. The molecule has 2 aliphatic heterocycles. The van der Waals surface area contributed by atoms with Crippen molar-refractivity contribution in [2.45, 2.75) is 13.0 Å². The van der Waals surface area contributed by atoms with Gasteiger partial charge in [-0.2, -0.15) is 0 Å². The molecule has 0 saturated carbocycles. The lowest BCUT2D eigenvalue weighted by atomic mass is 10.1. The maximum Gasteiger partial charge on any atom is 0.258 e. The van der Waals surface area contributed by atoms with E-state index < -0.39 is 0 Å². The van der Waals surface area contributed by atoms with E-state index in [1.165, 1.54) is 0 Å². The third-order valence-corrected chi connectivity index (χ3v) is 5.60. The Morgan fingerprint density at radius 1 is 1.04 bits per heavy atom. The maximum atomic E-state index is 13.1. The van der Waals surface area contributed by atoms with Gasteiger partial charge in [0.05, 0.1) is 29.0 Å². The average molecular weight is 373 g/mol. The molecule has 28 heavy (non-hydrogen) atoms. The van der Waals surface area contributed by atoms with Crippen molar-refractivity contribution in [1.29, 1.82) is 0 Å². The number of hydrogen-bond acceptors (Lipinski definition) is 5. The summed E-state index contributed by atoms with van der Waals surface area (Å²) in [5.74, 6) is 0.0948. The van der Waals surface area contributed by atoms with Crippen molar-refractivity contribution in [2.75, 3.05) is 37.6 Å². The SMILES string of the molecule is O=C1c2c(N3CCNCC3)ccnc2CN1CCc1ccc2ccccc2n1. The van der Waals surface area contributed by atoms with Crippen LogP contribution in [-0.2, 0) is 13.0 Å². The molecule has 1 fully saturated rings. The summed E-state index contributed by atoms with van der Waals surface area (Å²) < 4.78 is 0. The molecule has 1 aromatic carbocycles. The number of carbonyl (C=O) groups excluding carboxylic acids is 1. The number of nitrogens with zero attached hydrogens (tertiary/aromatic N) is 4. The number of rotatable bonds is 4. The Morgan fingerprint density at radius 3 is 2.79 bits per heavy atom. The molecule has 0 aliphatic carbocycles. The molecular formula is C22H23N5O. The van der Waals surface area contributed by atoms with Crippen LogP contribution in [-0.4, -0.2) is 53.5 Å². The Bertz CT molecular complexity index is 1030. The minimum absolute atomic E-state index is 0.0948. The van der Waals surface area contributed by atoms with E-state index >= 15 is 0 Å². The highest BCUT2D eigenvalue weighted by atomic mass is 16.2. The van der Waals surface area contributed by atoms with E-state index in [1.807, 2.05) is 35.4 Å². The minimum Gasteiger partial charge on any atom is -0.368 e. The highest BCUT2D eigenvalue weighted by molar-refractivity contribution is 6.03. The van der Waals surface area contributed by atoms with Crippen molar-refractivity contribution >= 4 is 22.5 Å². The summed E-state index contributed by atoms with van der Waals surface area (Å²) in [7, 11) is 0. The molecule has 6 nitrogen and oxygen atoms in total. The molecule has 0 bridgehead atoms. The van der Waals surface area contributed by atoms with Crippen molar-refractivity contribution < 1.29 is 4.79 Å². The quantitative estimate of drug-likeness (QED) is 0.760. The Hall–Kier alpha value is -2.99. The second kappa shape index (κ2) is 7.20. The lowest BCUT2D eigenvalue weighted by molar-refractivity contribution is 0.0780. The molecule has 5 rings (SSSR count). The van der Waals surface area contributed by atoms with Gasteiger partial charge in [-0.1, -0.05) is 24.3 Å². The van der Waals surface area contributed by atoms with Crippen molar-refractivity contribution in [1.82, 2.24) is 20.2 Å². The number of anilines is 1. The highest BCUT2D eigenvalue weighted by Gasteiger charge is 2.32. The smallest absolute Gasteiger partial charge is 0.258 e. The Kier molecular flexibility index (Phi) is 4.41. The fourth-order valence-corrected chi connectivity index (χ4v) is 4.10. The van der Waals surface area contributed by atoms with E-state index in [-0.39, 0.29) is 5.91 Å². The van der Waals surface area contributed by atoms with Crippen LogP contribution in [0.25, 0.3) is 10.9 Å². The maximum absolute atomic E-state index is 13.1. The number of nitrogens with one attached hydrogen (secondary N) is 1. The van der Waals surface area contributed by atoms with Crippen LogP contribution in [0.3, 0.4) is 0 Å². The molecule has 0 radical (unpaired) electrons. The molecule has 0 atom stereocenters. The summed E-state index contributed by atoms with van der Waals surface area (Å²) in [5, 5.41) is 4.50. The van der Waals surface area contributed by atoms with E-state index in [2.05, 4.69) is 33.4 Å². The van der Waals surface area contributed by atoms with Crippen LogP contribution >= 0.6 is 0 Å². The lowest BCUT2D eigenvalue weighted by Gasteiger charge is -2.30. The van der Waals surface area contributed by atoms with E-state index in [4.69, 9.17) is 4.98 Å². The van der Waals surface area contributed by atoms with Crippen LogP contribution < -0.4 is 10.2 Å². The predicted octanol–water partition coefficient (Wildman–Crippen LogP) is 2.24. The second-order valence-corrected chi connectivity index (χ2v) is 7.36. The van der Waals surface area contributed by atoms with Crippen molar-refractivity contribution in [3.63, 3.8) is 0 Å².